The van der Waals surface area contributed by atoms with E-state index in [2.05, 4.69) is 21.1 Å². The number of rotatable bonds is 10. The number of aromatic nitrogens is 1. The molecule has 0 spiro atoms. The Balaban J connectivity index is 1.59. The summed E-state index contributed by atoms with van der Waals surface area (Å²) in [5.74, 6) is 0.0835. The van der Waals surface area contributed by atoms with Gasteiger partial charge in [-0.1, -0.05) is 24.6 Å². The van der Waals surface area contributed by atoms with Crippen molar-refractivity contribution in [3.8, 4) is 0 Å². The number of para-hydroxylation sites is 1. The van der Waals surface area contributed by atoms with E-state index >= 15 is 0 Å². The molecule has 5 N–H and O–H groups in total. The van der Waals surface area contributed by atoms with E-state index in [1.165, 1.54) is 10.9 Å². The lowest BCUT2D eigenvalue weighted by Gasteiger charge is -2.05. The molecule has 0 saturated heterocycles. The average Bonchev–Trinajstić information content (AvgIpc) is 2.94. The van der Waals surface area contributed by atoms with Gasteiger partial charge in [0.25, 0.3) is 0 Å². The van der Waals surface area contributed by atoms with Gasteiger partial charge in [0.05, 0.1) is 0 Å². The van der Waals surface area contributed by atoms with Crippen LogP contribution in [-0.2, 0) is 22.4 Å². The summed E-state index contributed by atoms with van der Waals surface area (Å²) in [6.45, 7) is 1.26. The molecular weight excluding hydrogens is 312 g/mol. The van der Waals surface area contributed by atoms with Crippen LogP contribution in [0, 0.1) is 0 Å². The molecule has 6 nitrogen and oxygen atoms in total. The van der Waals surface area contributed by atoms with Crippen LogP contribution < -0.4 is 15.2 Å². The third-order valence-corrected chi connectivity index (χ3v) is 4.21. The van der Waals surface area contributed by atoms with Crippen LogP contribution in [0.15, 0.2) is 30.5 Å². The van der Waals surface area contributed by atoms with Crippen LogP contribution >= 0.6 is 0 Å². The summed E-state index contributed by atoms with van der Waals surface area (Å²) in [6, 6.07) is 8.16. The summed E-state index contributed by atoms with van der Waals surface area (Å²) in [6.07, 6.45) is 5.97. The maximum absolute atomic E-state index is 11.8. The van der Waals surface area contributed by atoms with Crippen molar-refractivity contribution in [3.63, 3.8) is 0 Å². The molecule has 1 unspecified atom stereocenters. The molecule has 0 aliphatic heterocycles. The third-order valence-electron chi connectivity index (χ3n) is 3.72. The average molecular weight is 336 g/mol. The highest BCUT2D eigenvalue weighted by Crippen LogP contribution is 2.17. The third kappa shape index (κ3) is 6.13. The first-order valence-electron chi connectivity index (χ1n) is 7.88. The number of nitrogens with two attached hydrogens (primary N) is 1. The number of hydrogen-bond donors (Lipinski definition) is 4. The van der Waals surface area contributed by atoms with Gasteiger partial charge in [-0.25, -0.2) is 14.1 Å². The number of fused-ring (bicyclic) bond motifs is 1. The molecule has 1 aromatic carbocycles. The summed E-state index contributed by atoms with van der Waals surface area (Å²) in [7, 11) is 0. The summed E-state index contributed by atoms with van der Waals surface area (Å²) in [5.41, 5.74) is 2.35. The molecule has 7 heteroatoms. The van der Waals surface area contributed by atoms with Crippen LogP contribution in [0.3, 0.4) is 0 Å². The van der Waals surface area contributed by atoms with E-state index in [1.54, 1.807) is 0 Å². The first-order chi connectivity index (χ1) is 11.2. The van der Waals surface area contributed by atoms with Gasteiger partial charge in [0.15, 0.2) is 11.2 Å². The first kappa shape index (κ1) is 17.7. The highest BCUT2D eigenvalue weighted by Gasteiger charge is 2.04. The second kappa shape index (κ2) is 9.44. The van der Waals surface area contributed by atoms with Gasteiger partial charge in [0.1, 0.15) is 0 Å². The fraction of sp³-hybridized carbons (Fsp3) is 0.438. The minimum Gasteiger partial charge on any atom is -0.361 e. The largest absolute Gasteiger partial charge is 0.361 e. The van der Waals surface area contributed by atoms with Gasteiger partial charge in [-0.2, -0.15) is 0 Å². The lowest BCUT2D eigenvalue weighted by molar-refractivity contribution is -0.121. The van der Waals surface area contributed by atoms with Gasteiger partial charge in [-0.05, 0) is 30.9 Å². The Kier molecular flexibility index (Phi) is 7.25. The van der Waals surface area contributed by atoms with Crippen molar-refractivity contribution >= 4 is 28.0 Å². The first-order valence-corrected chi connectivity index (χ1v) is 9.09. The molecule has 2 aromatic rings. The predicted molar refractivity (Wildman–Crippen MR) is 93.8 cm³/mol. The quantitative estimate of drug-likeness (QED) is 0.495. The fourth-order valence-electron chi connectivity index (χ4n) is 2.52. The molecule has 1 atom stereocenters. The van der Waals surface area contributed by atoms with E-state index in [4.69, 9.17) is 5.14 Å². The fourth-order valence-corrected chi connectivity index (χ4v) is 2.87. The summed E-state index contributed by atoms with van der Waals surface area (Å²) >= 11 is -1.44. The number of unbranched alkanes of at least 4 members (excludes halogenated alkanes) is 2. The normalized spacial score (nSPS) is 12.4. The Morgan fingerprint density at radius 1 is 1.17 bits per heavy atom. The van der Waals surface area contributed by atoms with E-state index in [0.717, 1.165) is 31.2 Å². The van der Waals surface area contributed by atoms with Crippen molar-refractivity contribution < 1.29 is 9.00 Å². The van der Waals surface area contributed by atoms with E-state index < -0.39 is 11.2 Å². The van der Waals surface area contributed by atoms with Crippen molar-refractivity contribution in [1.29, 1.82) is 0 Å². The topological polar surface area (TPSA) is 100 Å². The molecule has 0 radical (unpaired) electrons. The minimum atomic E-state index is -1.44. The van der Waals surface area contributed by atoms with Gasteiger partial charge >= 0.3 is 0 Å². The molecule has 0 bridgehead atoms. The number of aromatic amines is 1. The predicted octanol–water partition coefficient (Wildman–Crippen LogP) is 1.51. The van der Waals surface area contributed by atoms with Gasteiger partial charge in [0.2, 0.25) is 5.91 Å². The van der Waals surface area contributed by atoms with Crippen LogP contribution in [-0.4, -0.2) is 28.2 Å². The second-order valence-electron chi connectivity index (χ2n) is 5.46. The van der Waals surface area contributed by atoms with E-state index in [-0.39, 0.29) is 5.91 Å². The van der Waals surface area contributed by atoms with Gasteiger partial charge in [-0.3, -0.25) is 4.79 Å². The Morgan fingerprint density at radius 3 is 2.83 bits per heavy atom. The molecule has 1 amide bonds. The molecule has 23 heavy (non-hydrogen) atoms. The maximum atomic E-state index is 11.8. The zero-order chi connectivity index (χ0) is 16.5. The maximum Gasteiger partial charge on any atom is 0.220 e. The van der Waals surface area contributed by atoms with Crippen LogP contribution in [0.1, 0.15) is 31.2 Å². The Bertz CT molecular complexity index is 656. The molecule has 2 rings (SSSR count). The molecular formula is C16H24N4O2S. The molecule has 126 valence electrons. The number of hydrogen-bond acceptors (Lipinski definition) is 2. The van der Waals surface area contributed by atoms with Crippen LogP contribution in [0.25, 0.3) is 10.9 Å². The summed E-state index contributed by atoms with van der Waals surface area (Å²) < 4.78 is 13.2. The standard InChI is InChI=1S/C16H24N4O2S/c17-23(22)20-10-5-1-2-8-16(21)18-11-9-13-12-19-15-7-4-3-6-14(13)15/h3-4,6-7,12,19-20H,1-2,5,8-11,17H2,(H,18,21). The van der Waals surface area contributed by atoms with Crippen molar-refractivity contribution in [1.82, 2.24) is 15.0 Å². The van der Waals surface area contributed by atoms with Crippen molar-refractivity contribution in [2.75, 3.05) is 13.1 Å². The smallest absolute Gasteiger partial charge is 0.220 e. The summed E-state index contributed by atoms with van der Waals surface area (Å²) in [5, 5.41) is 9.25. The highest BCUT2D eigenvalue weighted by molar-refractivity contribution is 7.80. The van der Waals surface area contributed by atoms with Gasteiger partial charge < -0.3 is 10.3 Å². The van der Waals surface area contributed by atoms with Gasteiger partial charge in [0, 0.05) is 36.6 Å². The van der Waals surface area contributed by atoms with Crippen molar-refractivity contribution in [2.45, 2.75) is 32.1 Å². The van der Waals surface area contributed by atoms with Crippen LogP contribution in [0.4, 0.5) is 0 Å². The number of H-pyrrole nitrogens is 1. The lowest BCUT2D eigenvalue weighted by atomic mass is 10.1. The lowest BCUT2D eigenvalue weighted by Crippen LogP contribution is -2.26. The number of amides is 1. The zero-order valence-electron chi connectivity index (χ0n) is 13.1. The summed E-state index contributed by atoms with van der Waals surface area (Å²) in [4.78, 5) is 15.0. The number of benzene rings is 1. The minimum absolute atomic E-state index is 0.0835. The van der Waals surface area contributed by atoms with Crippen LogP contribution in [0.5, 0.6) is 0 Å². The number of nitrogens with one attached hydrogen (secondary N) is 3. The second-order valence-corrected chi connectivity index (χ2v) is 6.35. The van der Waals surface area contributed by atoms with Gasteiger partial charge in [-0.15, -0.1) is 0 Å². The molecule has 0 aliphatic carbocycles. The molecule has 1 heterocycles. The Morgan fingerprint density at radius 2 is 2.00 bits per heavy atom. The number of carbonyl (C=O) groups is 1. The van der Waals surface area contributed by atoms with E-state index in [9.17, 15) is 9.00 Å². The number of carbonyl (C=O) groups excluding carboxylic acids is 1. The van der Waals surface area contributed by atoms with Crippen LogP contribution in [0.2, 0.25) is 0 Å². The monoisotopic (exact) mass is 336 g/mol. The highest BCUT2D eigenvalue weighted by atomic mass is 32.2. The molecule has 0 aliphatic rings. The van der Waals surface area contributed by atoms with E-state index in [1.807, 2.05) is 24.4 Å². The Hall–Kier alpha value is -1.70. The van der Waals surface area contributed by atoms with Crippen molar-refractivity contribution in [3.05, 3.63) is 36.0 Å². The molecule has 0 saturated carbocycles. The zero-order valence-corrected chi connectivity index (χ0v) is 14.0. The molecule has 0 fully saturated rings. The SMILES string of the molecule is NS(=O)NCCCCCC(=O)NCCc1c[nH]c2ccccc12. The Labute approximate surface area is 138 Å². The molecule has 1 aromatic heterocycles. The van der Waals surface area contributed by atoms with Crippen molar-refractivity contribution in [2.24, 2.45) is 5.14 Å². The van der Waals surface area contributed by atoms with E-state index in [0.29, 0.717) is 19.5 Å².